The van der Waals surface area contributed by atoms with Crippen molar-refractivity contribution in [1.29, 1.82) is 0 Å². The van der Waals surface area contributed by atoms with Crippen LogP contribution in [0.4, 0.5) is 4.39 Å². The van der Waals surface area contributed by atoms with Gasteiger partial charge in [-0.2, -0.15) is 4.98 Å². The molecule has 19 heavy (non-hydrogen) atoms. The smallest absolute Gasteiger partial charge is 0.257 e. The van der Waals surface area contributed by atoms with E-state index in [2.05, 4.69) is 15.5 Å². The monoisotopic (exact) mass is 283 g/mol. The summed E-state index contributed by atoms with van der Waals surface area (Å²) in [6.45, 7) is 1.95. The van der Waals surface area contributed by atoms with Crippen molar-refractivity contribution in [1.82, 2.24) is 15.5 Å². The average Bonchev–Trinajstić information content (AvgIpc) is 2.90. The first-order valence-corrected chi connectivity index (χ1v) is 6.13. The molecule has 6 heteroatoms. The van der Waals surface area contributed by atoms with Gasteiger partial charge in [-0.05, 0) is 43.7 Å². The molecule has 4 nitrogen and oxygen atoms in total. The normalized spacial score (nSPS) is 18.9. The molecule has 0 radical (unpaired) electrons. The maximum Gasteiger partial charge on any atom is 0.257 e. The average molecular weight is 284 g/mol. The van der Waals surface area contributed by atoms with Crippen molar-refractivity contribution in [2.75, 3.05) is 13.1 Å². The maximum atomic E-state index is 12.8. The zero-order chi connectivity index (χ0) is 12.4. The van der Waals surface area contributed by atoms with Crippen LogP contribution < -0.4 is 5.32 Å². The third kappa shape index (κ3) is 3.11. The molecule has 2 aromatic rings. The quantitative estimate of drug-likeness (QED) is 0.921. The van der Waals surface area contributed by atoms with Gasteiger partial charge in [-0.3, -0.25) is 0 Å². The lowest BCUT2D eigenvalue weighted by Crippen LogP contribution is -2.28. The predicted octanol–water partition coefficient (Wildman–Crippen LogP) is 2.76. The zero-order valence-corrected chi connectivity index (χ0v) is 11.1. The van der Waals surface area contributed by atoms with Gasteiger partial charge in [-0.25, -0.2) is 4.39 Å². The van der Waals surface area contributed by atoms with E-state index in [1.165, 1.54) is 12.1 Å². The summed E-state index contributed by atoms with van der Waals surface area (Å²) in [5.74, 6) is 1.24. The minimum absolute atomic E-state index is 0. The number of benzene rings is 1. The standard InChI is InChI=1S/C13H14FN3O.ClH/c14-11-5-3-9(4-6-11)13-16-12(17-18-13)10-2-1-7-15-8-10;/h3-6,10,15H,1-2,7-8H2;1H/t10-;/m1./s1. The van der Waals surface area contributed by atoms with Gasteiger partial charge in [0.1, 0.15) is 5.82 Å². The SMILES string of the molecule is Cl.Fc1ccc(-c2nc([C@@H]3CCCNC3)no2)cc1. The summed E-state index contributed by atoms with van der Waals surface area (Å²) in [5, 5.41) is 7.34. The molecule has 102 valence electrons. The van der Waals surface area contributed by atoms with E-state index in [0.29, 0.717) is 11.8 Å². The molecule has 2 heterocycles. The fourth-order valence-electron chi connectivity index (χ4n) is 2.18. The molecule has 1 saturated heterocycles. The number of halogens is 2. The second-order valence-electron chi connectivity index (χ2n) is 4.51. The Morgan fingerprint density at radius 2 is 2.05 bits per heavy atom. The maximum absolute atomic E-state index is 12.8. The summed E-state index contributed by atoms with van der Waals surface area (Å²) in [6, 6.07) is 6.07. The van der Waals surface area contributed by atoms with Crippen molar-refractivity contribution < 1.29 is 8.91 Å². The number of piperidine rings is 1. The summed E-state index contributed by atoms with van der Waals surface area (Å²) in [5.41, 5.74) is 0.749. The van der Waals surface area contributed by atoms with Gasteiger partial charge in [0.2, 0.25) is 0 Å². The minimum atomic E-state index is -0.269. The highest BCUT2D eigenvalue weighted by Crippen LogP contribution is 2.24. The summed E-state index contributed by atoms with van der Waals surface area (Å²) >= 11 is 0. The minimum Gasteiger partial charge on any atom is -0.334 e. The highest BCUT2D eigenvalue weighted by atomic mass is 35.5. The van der Waals surface area contributed by atoms with E-state index in [0.717, 1.165) is 37.3 Å². The van der Waals surface area contributed by atoms with E-state index in [9.17, 15) is 4.39 Å². The predicted molar refractivity (Wildman–Crippen MR) is 71.8 cm³/mol. The van der Waals surface area contributed by atoms with Gasteiger partial charge in [0, 0.05) is 18.0 Å². The van der Waals surface area contributed by atoms with Gasteiger partial charge in [0.15, 0.2) is 5.82 Å². The fourth-order valence-corrected chi connectivity index (χ4v) is 2.18. The lowest BCUT2D eigenvalue weighted by Gasteiger charge is -2.19. The molecule has 0 amide bonds. The Labute approximate surface area is 116 Å². The van der Waals surface area contributed by atoms with Crippen LogP contribution in [0, 0.1) is 5.82 Å². The van der Waals surface area contributed by atoms with Gasteiger partial charge in [-0.1, -0.05) is 5.16 Å². The molecular formula is C13H15ClFN3O. The Bertz CT molecular complexity index is 523. The van der Waals surface area contributed by atoms with Crippen LogP contribution in [-0.2, 0) is 0 Å². The van der Waals surface area contributed by atoms with Crippen molar-refractivity contribution in [2.24, 2.45) is 0 Å². The molecule has 1 aromatic carbocycles. The second kappa shape index (κ2) is 6.12. The van der Waals surface area contributed by atoms with Crippen LogP contribution in [0.2, 0.25) is 0 Å². The summed E-state index contributed by atoms with van der Waals surface area (Å²) in [6.07, 6.45) is 2.21. The van der Waals surface area contributed by atoms with Crippen molar-refractivity contribution in [3.63, 3.8) is 0 Å². The van der Waals surface area contributed by atoms with E-state index in [-0.39, 0.29) is 18.2 Å². The number of rotatable bonds is 2. The molecule has 0 spiro atoms. The summed E-state index contributed by atoms with van der Waals surface area (Å²) < 4.78 is 18.1. The Morgan fingerprint density at radius 3 is 2.74 bits per heavy atom. The van der Waals surface area contributed by atoms with Crippen molar-refractivity contribution >= 4 is 12.4 Å². The van der Waals surface area contributed by atoms with Gasteiger partial charge in [-0.15, -0.1) is 12.4 Å². The molecule has 1 aliphatic heterocycles. The topological polar surface area (TPSA) is 51.0 Å². The molecule has 1 fully saturated rings. The molecule has 0 unspecified atom stereocenters. The molecule has 0 aliphatic carbocycles. The van der Waals surface area contributed by atoms with E-state index in [1.807, 2.05) is 0 Å². The largest absolute Gasteiger partial charge is 0.334 e. The molecular weight excluding hydrogens is 269 g/mol. The number of aromatic nitrogens is 2. The molecule has 1 N–H and O–H groups in total. The van der Waals surface area contributed by atoms with Crippen LogP contribution >= 0.6 is 12.4 Å². The van der Waals surface area contributed by atoms with Crippen LogP contribution in [0.15, 0.2) is 28.8 Å². The molecule has 0 bridgehead atoms. The van der Waals surface area contributed by atoms with Gasteiger partial charge in [0.05, 0.1) is 0 Å². The van der Waals surface area contributed by atoms with Crippen LogP contribution in [0.3, 0.4) is 0 Å². The Kier molecular flexibility index (Phi) is 4.50. The lowest BCUT2D eigenvalue weighted by atomic mass is 9.99. The molecule has 3 rings (SSSR count). The third-order valence-corrected chi connectivity index (χ3v) is 3.19. The fraction of sp³-hybridized carbons (Fsp3) is 0.385. The van der Waals surface area contributed by atoms with Gasteiger partial charge >= 0.3 is 0 Å². The van der Waals surface area contributed by atoms with Crippen molar-refractivity contribution in [3.05, 3.63) is 35.9 Å². The molecule has 1 atom stereocenters. The Morgan fingerprint density at radius 1 is 1.26 bits per heavy atom. The highest BCUT2D eigenvalue weighted by molar-refractivity contribution is 5.85. The van der Waals surface area contributed by atoms with E-state index in [4.69, 9.17) is 4.52 Å². The summed E-state index contributed by atoms with van der Waals surface area (Å²) in [4.78, 5) is 4.39. The number of nitrogens with one attached hydrogen (secondary N) is 1. The lowest BCUT2D eigenvalue weighted by molar-refractivity contribution is 0.393. The summed E-state index contributed by atoms with van der Waals surface area (Å²) in [7, 11) is 0. The van der Waals surface area contributed by atoms with Crippen LogP contribution in [0.1, 0.15) is 24.6 Å². The van der Waals surface area contributed by atoms with Gasteiger partial charge in [0.25, 0.3) is 5.89 Å². The second-order valence-corrected chi connectivity index (χ2v) is 4.51. The highest BCUT2D eigenvalue weighted by Gasteiger charge is 2.21. The third-order valence-electron chi connectivity index (χ3n) is 3.19. The Balaban J connectivity index is 0.00000133. The first kappa shape index (κ1) is 14.0. The van der Waals surface area contributed by atoms with Crippen molar-refractivity contribution in [2.45, 2.75) is 18.8 Å². The van der Waals surface area contributed by atoms with Crippen LogP contribution in [0.25, 0.3) is 11.5 Å². The Hall–Kier alpha value is -1.46. The van der Waals surface area contributed by atoms with E-state index >= 15 is 0 Å². The number of hydrogen-bond acceptors (Lipinski definition) is 4. The van der Waals surface area contributed by atoms with E-state index in [1.54, 1.807) is 12.1 Å². The van der Waals surface area contributed by atoms with E-state index < -0.39 is 0 Å². The van der Waals surface area contributed by atoms with Crippen LogP contribution in [0.5, 0.6) is 0 Å². The molecule has 1 aliphatic rings. The number of hydrogen-bond donors (Lipinski definition) is 1. The van der Waals surface area contributed by atoms with Crippen molar-refractivity contribution in [3.8, 4) is 11.5 Å². The first-order valence-electron chi connectivity index (χ1n) is 6.13. The van der Waals surface area contributed by atoms with Gasteiger partial charge < -0.3 is 9.84 Å². The number of nitrogens with zero attached hydrogens (tertiary/aromatic N) is 2. The van der Waals surface area contributed by atoms with Crippen LogP contribution in [-0.4, -0.2) is 23.2 Å². The molecule has 0 saturated carbocycles. The first-order chi connectivity index (χ1) is 8.83. The zero-order valence-electron chi connectivity index (χ0n) is 10.3. The molecule has 1 aromatic heterocycles.